The van der Waals surface area contributed by atoms with Crippen LogP contribution in [0.25, 0.3) is 0 Å². The summed E-state index contributed by atoms with van der Waals surface area (Å²) in [7, 11) is 0. The molecule has 0 saturated carbocycles. The van der Waals surface area contributed by atoms with Crippen LogP contribution < -0.4 is 5.32 Å². The third kappa shape index (κ3) is 3.22. The predicted molar refractivity (Wildman–Crippen MR) is 57.5 cm³/mol. The van der Waals surface area contributed by atoms with Crippen molar-refractivity contribution in [3.8, 4) is 0 Å². The quantitative estimate of drug-likeness (QED) is 0.497. The van der Waals surface area contributed by atoms with Gasteiger partial charge in [0.25, 0.3) is 0 Å². The third-order valence-corrected chi connectivity index (χ3v) is 2.51. The molecule has 1 atom stereocenters. The molecule has 0 aliphatic carbocycles. The Morgan fingerprint density at radius 2 is 2.53 bits per heavy atom. The SMILES string of the molecule is O=[N+]([O-])c1cnn(CC(O)CNC2COC2)c1. The van der Waals surface area contributed by atoms with Gasteiger partial charge in [0.1, 0.15) is 12.4 Å². The number of hydrogen-bond acceptors (Lipinski definition) is 6. The first-order valence-corrected chi connectivity index (χ1v) is 5.31. The Morgan fingerprint density at radius 3 is 3.06 bits per heavy atom. The molecule has 0 aromatic carbocycles. The van der Waals surface area contributed by atoms with Crippen LogP contribution in [0, 0.1) is 10.1 Å². The van der Waals surface area contributed by atoms with E-state index >= 15 is 0 Å². The summed E-state index contributed by atoms with van der Waals surface area (Å²) in [6.07, 6.45) is 1.84. The van der Waals surface area contributed by atoms with Crippen molar-refractivity contribution >= 4 is 5.69 Å². The lowest BCUT2D eigenvalue weighted by molar-refractivity contribution is -0.385. The Kier molecular flexibility index (Phi) is 3.67. The van der Waals surface area contributed by atoms with Crippen LogP contribution in [0.5, 0.6) is 0 Å². The highest BCUT2D eigenvalue weighted by atomic mass is 16.6. The van der Waals surface area contributed by atoms with Gasteiger partial charge >= 0.3 is 5.69 Å². The molecule has 1 aliphatic rings. The molecule has 2 rings (SSSR count). The second-order valence-corrected chi connectivity index (χ2v) is 3.97. The molecule has 0 spiro atoms. The zero-order valence-electron chi connectivity index (χ0n) is 9.15. The number of rotatable bonds is 6. The van der Waals surface area contributed by atoms with E-state index in [-0.39, 0.29) is 12.2 Å². The maximum absolute atomic E-state index is 10.4. The lowest BCUT2D eigenvalue weighted by Crippen LogP contribution is -2.48. The minimum absolute atomic E-state index is 0.0717. The minimum Gasteiger partial charge on any atom is -0.390 e. The summed E-state index contributed by atoms with van der Waals surface area (Å²) in [6.45, 7) is 1.98. The van der Waals surface area contributed by atoms with Gasteiger partial charge in [-0.2, -0.15) is 5.10 Å². The van der Waals surface area contributed by atoms with Crippen LogP contribution in [0.2, 0.25) is 0 Å². The lowest BCUT2D eigenvalue weighted by Gasteiger charge is -2.27. The fourth-order valence-electron chi connectivity index (χ4n) is 1.48. The van der Waals surface area contributed by atoms with Crippen LogP contribution in [-0.2, 0) is 11.3 Å². The van der Waals surface area contributed by atoms with Gasteiger partial charge in [-0.1, -0.05) is 0 Å². The summed E-state index contributed by atoms with van der Waals surface area (Å²) in [5.74, 6) is 0. The van der Waals surface area contributed by atoms with Gasteiger partial charge in [0.15, 0.2) is 0 Å². The van der Waals surface area contributed by atoms with E-state index in [1.807, 2.05) is 0 Å². The summed E-state index contributed by atoms with van der Waals surface area (Å²) < 4.78 is 6.34. The number of aliphatic hydroxyl groups excluding tert-OH is 1. The monoisotopic (exact) mass is 242 g/mol. The Bertz CT molecular complexity index is 390. The molecular weight excluding hydrogens is 228 g/mol. The second-order valence-electron chi connectivity index (χ2n) is 3.97. The van der Waals surface area contributed by atoms with E-state index in [0.717, 1.165) is 0 Å². The van der Waals surface area contributed by atoms with Gasteiger partial charge in [-0.3, -0.25) is 14.8 Å². The zero-order chi connectivity index (χ0) is 12.3. The van der Waals surface area contributed by atoms with Gasteiger partial charge in [-0.25, -0.2) is 0 Å². The van der Waals surface area contributed by atoms with Crippen molar-refractivity contribution in [3.63, 3.8) is 0 Å². The van der Waals surface area contributed by atoms with Crippen molar-refractivity contribution < 1.29 is 14.8 Å². The highest BCUT2D eigenvalue weighted by Crippen LogP contribution is 2.08. The normalized spacial score (nSPS) is 17.7. The van der Waals surface area contributed by atoms with Gasteiger partial charge in [0.05, 0.1) is 36.8 Å². The van der Waals surface area contributed by atoms with Crippen LogP contribution in [0.15, 0.2) is 12.4 Å². The van der Waals surface area contributed by atoms with Crippen LogP contribution in [-0.4, -0.2) is 51.7 Å². The molecule has 1 fully saturated rings. The average molecular weight is 242 g/mol. The summed E-state index contributed by atoms with van der Waals surface area (Å²) in [5, 5.41) is 27.0. The number of nitro groups is 1. The fraction of sp³-hybridized carbons (Fsp3) is 0.667. The first kappa shape index (κ1) is 12.0. The molecule has 94 valence electrons. The summed E-state index contributed by atoms with van der Waals surface area (Å²) in [5.41, 5.74) is -0.0717. The van der Waals surface area contributed by atoms with E-state index in [4.69, 9.17) is 4.74 Å². The smallest absolute Gasteiger partial charge is 0.306 e. The van der Waals surface area contributed by atoms with Gasteiger partial charge < -0.3 is 15.2 Å². The molecule has 1 aromatic heterocycles. The number of nitrogens with one attached hydrogen (secondary N) is 1. The minimum atomic E-state index is -0.630. The Hall–Kier alpha value is -1.51. The van der Waals surface area contributed by atoms with Gasteiger partial charge in [0.2, 0.25) is 0 Å². The maximum Gasteiger partial charge on any atom is 0.306 e. The number of nitrogens with zero attached hydrogens (tertiary/aromatic N) is 3. The van der Waals surface area contributed by atoms with Gasteiger partial charge in [-0.05, 0) is 0 Å². The molecule has 1 aromatic rings. The number of hydrogen-bond donors (Lipinski definition) is 2. The Labute approximate surface area is 97.3 Å². The summed E-state index contributed by atoms with van der Waals surface area (Å²) in [6, 6.07) is 0.302. The Morgan fingerprint density at radius 1 is 1.76 bits per heavy atom. The van der Waals surface area contributed by atoms with E-state index in [1.54, 1.807) is 0 Å². The van der Waals surface area contributed by atoms with Crippen LogP contribution in [0.1, 0.15) is 0 Å². The van der Waals surface area contributed by atoms with E-state index in [9.17, 15) is 15.2 Å². The second kappa shape index (κ2) is 5.21. The lowest BCUT2D eigenvalue weighted by atomic mass is 10.2. The highest BCUT2D eigenvalue weighted by Gasteiger charge is 2.19. The van der Waals surface area contributed by atoms with Gasteiger partial charge in [0, 0.05) is 6.54 Å². The first-order valence-electron chi connectivity index (χ1n) is 5.31. The molecule has 17 heavy (non-hydrogen) atoms. The van der Waals surface area contributed by atoms with Gasteiger partial charge in [-0.15, -0.1) is 0 Å². The predicted octanol–water partition coefficient (Wildman–Crippen LogP) is -0.859. The maximum atomic E-state index is 10.4. The van der Waals surface area contributed by atoms with Crippen LogP contribution >= 0.6 is 0 Å². The summed E-state index contributed by atoms with van der Waals surface area (Å²) >= 11 is 0. The van der Waals surface area contributed by atoms with E-state index in [2.05, 4.69) is 10.4 Å². The van der Waals surface area contributed by atoms with Crippen molar-refractivity contribution in [3.05, 3.63) is 22.5 Å². The van der Waals surface area contributed by atoms with E-state index < -0.39 is 11.0 Å². The van der Waals surface area contributed by atoms with Crippen molar-refractivity contribution in [2.75, 3.05) is 19.8 Å². The van der Waals surface area contributed by atoms with E-state index in [1.165, 1.54) is 17.1 Å². The Balaban J connectivity index is 1.76. The number of aliphatic hydroxyl groups is 1. The van der Waals surface area contributed by atoms with Crippen molar-refractivity contribution in [2.24, 2.45) is 0 Å². The van der Waals surface area contributed by atoms with Crippen molar-refractivity contribution in [1.29, 1.82) is 0 Å². The molecule has 1 unspecified atom stereocenters. The molecule has 0 bridgehead atoms. The molecule has 0 amide bonds. The topological polar surface area (TPSA) is 102 Å². The average Bonchev–Trinajstić information content (AvgIpc) is 2.63. The molecule has 8 heteroatoms. The molecule has 2 N–H and O–H groups in total. The van der Waals surface area contributed by atoms with E-state index in [0.29, 0.717) is 25.8 Å². The van der Waals surface area contributed by atoms with Crippen molar-refractivity contribution in [2.45, 2.75) is 18.7 Å². The molecule has 1 saturated heterocycles. The van der Waals surface area contributed by atoms with Crippen molar-refractivity contribution in [1.82, 2.24) is 15.1 Å². The first-order chi connectivity index (χ1) is 8.15. The fourth-order valence-corrected chi connectivity index (χ4v) is 1.48. The number of aromatic nitrogens is 2. The largest absolute Gasteiger partial charge is 0.390 e. The molecule has 2 heterocycles. The molecule has 8 nitrogen and oxygen atoms in total. The van der Waals surface area contributed by atoms with Crippen LogP contribution in [0.3, 0.4) is 0 Å². The molecule has 0 radical (unpaired) electrons. The zero-order valence-corrected chi connectivity index (χ0v) is 9.15. The summed E-state index contributed by atoms with van der Waals surface area (Å²) in [4.78, 5) is 9.91. The highest BCUT2D eigenvalue weighted by molar-refractivity contribution is 5.20. The standard InChI is InChI=1S/C9H14N4O4/c14-9(2-10-7-5-17-6-7)4-12-3-8(1-11-12)13(15)16/h1,3,7,9-10,14H,2,4-6H2. The van der Waals surface area contributed by atoms with Crippen LogP contribution in [0.4, 0.5) is 5.69 Å². The molecular formula is C9H14N4O4. The third-order valence-electron chi connectivity index (χ3n) is 2.51. The molecule has 1 aliphatic heterocycles. The number of ether oxygens (including phenoxy) is 1.